The van der Waals surface area contributed by atoms with Gasteiger partial charge in [-0.15, -0.1) is 0 Å². The van der Waals surface area contributed by atoms with Gasteiger partial charge in [0.15, 0.2) is 11.5 Å². The quantitative estimate of drug-likeness (QED) is 0.479. The van der Waals surface area contributed by atoms with Gasteiger partial charge in [-0.05, 0) is 92.5 Å². The van der Waals surface area contributed by atoms with Crippen molar-refractivity contribution >= 4 is 23.4 Å². The molecule has 4 aliphatic carbocycles. The monoisotopic (exact) mass is 516 g/mol. The zero-order valence-electron chi connectivity index (χ0n) is 22.2. The molecule has 4 bridgehead atoms. The van der Waals surface area contributed by atoms with Gasteiger partial charge in [0, 0.05) is 6.54 Å². The van der Waals surface area contributed by atoms with E-state index in [1.807, 2.05) is 36.4 Å². The summed E-state index contributed by atoms with van der Waals surface area (Å²) in [4.78, 5) is 44.5. The number of imide groups is 1. The summed E-state index contributed by atoms with van der Waals surface area (Å²) in [5, 5.41) is 0. The third-order valence-corrected chi connectivity index (χ3v) is 9.36. The molecule has 7 nitrogen and oxygen atoms in total. The number of benzene rings is 2. The number of amides is 3. The summed E-state index contributed by atoms with van der Waals surface area (Å²) in [6.07, 6.45) is 7.05. The van der Waals surface area contributed by atoms with Crippen LogP contribution in [0.1, 0.15) is 50.5 Å². The summed E-state index contributed by atoms with van der Waals surface area (Å²) in [7, 11) is 3.20. The van der Waals surface area contributed by atoms with Crippen LogP contribution in [0, 0.1) is 23.2 Å². The number of para-hydroxylation sites is 1. The topological polar surface area (TPSA) is 76.2 Å². The number of carbonyl (C=O) groups excluding carboxylic acids is 3. The van der Waals surface area contributed by atoms with E-state index in [1.165, 1.54) is 24.2 Å². The van der Waals surface area contributed by atoms with Crippen molar-refractivity contribution in [2.24, 2.45) is 23.2 Å². The molecule has 5 aliphatic rings. The van der Waals surface area contributed by atoms with Gasteiger partial charge in [-0.2, -0.15) is 0 Å². The smallest absolute Gasteiger partial charge is 0.257 e. The summed E-state index contributed by atoms with van der Waals surface area (Å²) in [6.45, 7) is 0.377. The van der Waals surface area contributed by atoms with Crippen molar-refractivity contribution in [1.82, 2.24) is 4.90 Å². The first-order chi connectivity index (χ1) is 18.4. The number of hydrogen-bond donors (Lipinski definition) is 0. The number of ether oxygens (including phenoxy) is 2. The van der Waals surface area contributed by atoms with Crippen LogP contribution >= 0.6 is 0 Å². The van der Waals surface area contributed by atoms with E-state index >= 15 is 0 Å². The third-order valence-electron chi connectivity index (χ3n) is 9.36. The Balaban J connectivity index is 1.30. The predicted octanol–water partition coefficient (Wildman–Crippen LogP) is 4.62. The molecule has 38 heavy (non-hydrogen) atoms. The Morgan fingerprint density at radius 3 is 2.16 bits per heavy atom. The van der Waals surface area contributed by atoms with Crippen LogP contribution in [0.5, 0.6) is 11.5 Å². The fourth-order valence-corrected chi connectivity index (χ4v) is 8.07. The molecular weight excluding hydrogens is 480 g/mol. The fraction of sp³-hybridized carbons (Fsp3) is 0.516. The van der Waals surface area contributed by atoms with Crippen LogP contribution in [-0.4, -0.2) is 49.4 Å². The second kappa shape index (κ2) is 9.75. The highest BCUT2D eigenvalue weighted by molar-refractivity contribution is 6.23. The number of rotatable bonds is 8. The molecule has 7 rings (SSSR count). The number of anilines is 1. The Morgan fingerprint density at radius 2 is 1.55 bits per heavy atom. The molecule has 1 unspecified atom stereocenters. The first kappa shape index (κ1) is 25.0. The molecule has 4 saturated carbocycles. The van der Waals surface area contributed by atoms with Crippen LogP contribution in [0.4, 0.5) is 5.69 Å². The van der Waals surface area contributed by atoms with Gasteiger partial charge in [0.05, 0.1) is 31.7 Å². The van der Waals surface area contributed by atoms with Crippen molar-refractivity contribution in [3.8, 4) is 11.5 Å². The van der Waals surface area contributed by atoms with E-state index in [1.54, 1.807) is 31.3 Å². The van der Waals surface area contributed by atoms with Crippen LogP contribution < -0.4 is 14.4 Å². The molecule has 0 spiro atoms. The lowest BCUT2D eigenvalue weighted by atomic mass is 9.49. The van der Waals surface area contributed by atoms with Gasteiger partial charge in [0.1, 0.15) is 6.04 Å². The van der Waals surface area contributed by atoms with E-state index in [0.717, 1.165) is 24.8 Å². The van der Waals surface area contributed by atoms with Crippen LogP contribution in [-0.2, 0) is 20.8 Å². The largest absolute Gasteiger partial charge is 0.493 e. The van der Waals surface area contributed by atoms with Gasteiger partial charge >= 0.3 is 0 Å². The first-order valence-electron chi connectivity index (χ1n) is 13.8. The Morgan fingerprint density at radius 1 is 0.921 bits per heavy atom. The summed E-state index contributed by atoms with van der Waals surface area (Å²) in [6, 6.07) is 14.0. The minimum atomic E-state index is -0.775. The highest BCUT2D eigenvalue weighted by Gasteiger charge is 2.57. The predicted molar refractivity (Wildman–Crippen MR) is 143 cm³/mol. The zero-order chi connectivity index (χ0) is 26.4. The molecule has 3 amide bonds. The van der Waals surface area contributed by atoms with Crippen molar-refractivity contribution in [1.29, 1.82) is 0 Å². The number of nitrogens with zero attached hydrogens (tertiary/aromatic N) is 2. The van der Waals surface area contributed by atoms with Crippen LogP contribution in [0.2, 0.25) is 0 Å². The van der Waals surface area contributed by atoms with Crippen molar-refractivity contribution in [2.75, 3.05) is 25.7 Å². The lowest BCUT2D eigenvalue weighted by Gasteiger charge is -2.57. The average molecular weight is 517 g/mol. The van der Waals surface area contributed by atoms with E-state index in [0.29, 0.717) is 47.9 Å². The lowest BCUT2D eigenvalue weighted by Crippen LogP contribution is -2.58. The molecule has 1 atom stereocenters. The molecule has 2 aromatic carbocycles. The van der Waals surface area contributed by atoms with E-state index in [2.05, 4.69) is 0 Å². The summed E-state index contributed by atoms with van der Waals surface area (Å²) < 4.78 is 10.9. The maximum atomic E-state index is 14.5. The molecule has 7 heteroatoms. The van der Waals surface area contributed by atoms with E-state index < -0.39 is 11.5 Å². The molecule has 1 aliphatic heterocycles. The van der Waals surface area contributed by atoms with E-state index in [4.69, 9.17) is 9.47 Å². The minimum Gasteiger partial charge on any atom is -0.493 e. The average Bonchev–Trinajstić information content (AvgIpc) is 3.21. The number of carbonyl (C=O) groups is 3. The number of methoxy groups -OCH3 is 2. The Kier molecular flexibility index (Phi) is 6.40. The van der Waals surface area contributed by atoms with Gasteiger partial charge in [-0.25, -0.2) is 4.90 Å². The van der Waals surface area contributed by atoms with Gasteiger partial charge < -0.3 is 14.4 Å². The molecular formula is C31H36N2O5. The first-order valence-corrected chi connectivity index (χ1v) is 13.8. The summed E-state index contributed by atoms with van der Waals surface area (Å²) >= 11 is 0. The van der Waals surface area contributed by atoms with Gasteiger partial charge in [0.25, 0.3) is 5.91 Å². The second-order valence-corrected chi connectivity index (χ2v) is 11.8. The number of hydrogen-bond acceptors (Lipinski definition) is 5. The molecule has 0 radical (unpaired) electrons. The molecule has 0 aromatic heterocycles. The Hall–Kier alpha value is -3.35. The van der Waals surface area contributed by atoms with Gasteiger partial charge in [-0.1, -0.05) is 24.3 Å². The van der Waals surface area contributed by atoms with Gasteiger partial charge in [-0.3, -0.25) is 14.4 Å². The van der Waals surface area contributed by atoms with Crippen molar-refractivity contribution in [3.05, 3.63) is 54.1 Å². The highest BCUT2D eigenvalue weighted by Crippen LogP contribution is 2.60. The zero-order valence-corrected chi connectivity index (χ0v) is 22.2. The van der Waals surface area contributed by atoms with Crippen molar-refractivity contribution < 1.29 is 23.9 Å². The highest BCUT2D eigenvalue weighted by atomic mass is 16.5. The summed E-state index contributed by atoms with van der Waals surface area (Å²) in [5.74, 6) is 2.64. The van der Waals surface area contributed by atoms with Crippen molar-refractivity contribution in [3.63, 3.8) is 0 Å². The van der Waals surface area contributed by atoms with E-state index in [9.17, 15) is 14.4 Å². The molecule has 1 heterocycles. The maximum Gasteiger partial charge on any atom is 0.257 e. The van der Waals surface area contributed by atoms with Gasteiger partial charge in [0.2, 0.25) is 11.8 Å². The molecule has 0 N–H and O–H groups in total. The fourth-order valence-electron chi connectivity index (χ4n) is 8.07. The standard InChI is InChI=1S/C31H36N2O5/c1-37-26-9-8-20(15-27(26)38-2)10-11-32(25-16-28(34)33(29(25)35)24-6-4-3-5-7-24)30(36)31-17-21-12-22(18-31)14-23(13-21)19-31/h3-9,15,21-23,25H,10-14,16-19H2,1-2H3. The third kappa shape index (κ3) is 4.26. The normalized spacial score (nSPS) is 29.6. The van der Waals surface area contributed by atoms with Crippen LogP contribution in [0.3, 0.4) is 0 Å². The Bertz CT molecular complexity index is 1210. The molecule has 200 valence electrons. The second-order valence-electron chi connectivity index (χ2n) is 11.8. The minimum absolute atomic E-state index is 0.0256. The SMILES string of the molecule is COc1ccc(CCN(C(=O)C23CC4CC(CC(C4)C2)C3)C2CC(=O)N(c3ccccc3)C2=O)cc1OC. The lowest BCUT2D eigenvalue weighted by molar-refractivity contribution is -0.161. The molecule has 2 aromatic rings. The summed E-state index contributed by atoms with van der Waals surface area (Å²) in [5.41, 5.74) is 1.16. The van der Waals surface area contributed by atoms with Crippen LogP contribution in [0.15, 0.2) is 48.5 Å². The maximum absolute atomic E-state index is 14.5. The molecule has 1 saturated heterocycles. The van der Waals surface area contributed by atoms with Crippen LogP contribution in [0.25, 0.3) is 0 Å². The Labute approximate surface area is 224 Å². The molecule has 5 fully saturated rings. The van der Waals surface area contributed by atoms with E-state index in [-0.39, 0.29) is 24.1 Å². The van der Waals surface area contributed by atoms with Crippen molar-refractivity contribution in [2.45, 2.75) is 57.4 Å².